The Morgan fingerprint density at radius 2 is 2.09 bits per heavy atom. The zero-order chi connectivity index (χ0) is 22.5. The average molecular weight is 436 g/mol. The van der Waals surface area contributed by atoms with Crippen LogP contribution in [0, 0.1) is 5.82 Å². The van der Waals surface area contributed by atoms with E-state index in [4.69, 9.17) is 0 Å². The number of carboxylic acid groups (broad SMARTS) is 1. The smallest absolute Gasteiger partial charge is 0.307 e. The zero-order valence-corrected chi connectivity index (χ0v) is 17.8. The topological polar surface area (TPSA) is 91.5 Å². The fourth-order valence-corrected chi connectivity index (χ4v) is 5.23. The molecule has 3 atom stereocenters. The molecule has 1 aromatic heterocycles. The van der Waals surface area contributed by atoms with Gasteiger partial charge in [0.25, 0.3) is 0 Å². The van der Waals surface area contributed by atoms with Crippen molar-refractivity contribution in [2.75, 3.05) is 6.54 Å². The molecule has 5 rings (SSSR count). The zero-order valence-electron chi connectivity index (χ0n) is 17.8. The van der Waals surface area contributed by atoms with E-state index in [1.807, 2.05) is 12.2 Å². The number of allylic oxidation sites excluding steroid dienone is 3. The second kappa shape index (κ2) is 7.70. The summed E-state index contributed by atoms with van der Waals surface area (Å²) in [4.78, 5) is 13.8. The number of hydrogen-bond acceptors (Lipinski definition) is 5. The van der Waals surface area contributed by atoms with Gasteiger partial charge in [0.2, 0.25) is 0 Å². The van der Waals surface area contributed by atoms with Crippen LogP contribution >= 0.6 is 0 Å². The van der Waals surface area contributed by atoms with Crippen molar-refractivity contribution in [1.29, 1.82) is 0 Å². The summed E-state index contributed by atoms with van der Waals surface area (Å²) in [6.45, 7) is 2.32. The molecule has 3 unspecified atom stereocenters. The summed E-state index contributed by atoms with van der Waals surface area (Å²) >= 11 is 0. The van der Waals surface area contributed by atoms with Gasteiger partial charge in [-0.15, -0.1) is 5.10 Å². The second-order valence-corrected chi connectivity index (χ2v) is 8.79. The molecule has 0 radical (unpaired) electrons. The highest BCUT2D eigenvalue weighted by Crippen LogP contribution is 2.45. The van der Waals surface area contributed by atoms with E-state index in [0.29, 0.717) is 17.8 Å². The molecule has 1 fully saturated rings. The molecule has 1 aliphatic carbocycles. The average Bonchev–Trinajstić information content (AvgIpc) is 3.38. The van der Waals surface area contributed by atoms with E-state index >= 15 is 0 Å². The summed E-state index contributed by atoms with van der Waals surface area (Å²) in [5.41, 5.74) is 2.86. The lowest BCUT2D eigenvalue weighted by molar-refractivity contribution is -0.136. The summed E-state index contributed by atoms with van der Waals surface area (Å²) in [7, 11) is 0. The lowest BCUT2D eigenvalue weighted by Crippen LogP contribution is -2.41. The van der Waals surface area contributed by atoms with Gasteiger partial charge in [0.15, 0.2) is 0 Å². The first-order valence-corrected chi connectivity index (χ1v) is 10.8. The molecule has 7 nitrogen and oxygen atoms in total. The number of fused-ring (bicyclic) bond motifs is 3. The second-order valence-electron chi connectivity index (χ2n) is 8.79. The number of nitrogens with zero attached hydrogens (tertiary/aromatic N) is 4. The highest BCUT2D eigenvalue weighted by atomic mass is 19.1. The van der Waals surface area contributed by atoms with E-state index < -0.39 is 11.6 Å². The lowest BCUT2D eigenvalue weighted by atomic mass is 9.92. The molecule has 3 aliphatic rings. The molecule has 2 N–H and O–H groups in total. The molecule has 0 saturated carbocycles. The predicted octanol–water partition coefficient (Wildman–Crippen LogP) is 3.31. The van der Waals surface area contributed by atoms with Crippen molar-refractivity contribution in [3.63, 3.8) is 0 Å². The number of rotatable bonds is 5. The van der Waals surface area contributed by atoms with E-state index in [2.05, 4.69) is 21.3 Å². The Morgan fingerprint density at radius 3 is 2.84 bits per heavy atom. The van der Waals surface area contributed by atoms with Crippen molar-refractivity contribution in [3.8, 4) is 0 Å². The highest BCUT2D eigenvalue weighted by molar-refractivity contribution is 5.73. The molecular weight excluding hydrogens is 411 g/mol. The maximum Gasteiger partial charge on any atom is 0.307 e. The van der Waals surface area contributed by atoms with E-state index in [1.165, 1.54) is 12.1 Å². The molecule has 2 aliphatic heterocycles. The summed E-state index contributed by atoms with van der Waals surface area (Å²) < 4.78 is 15.2. The van der Waals surface area contributed by atoms with Crippen LogP contribution in [0.3, 0.4) is 0 Å². The number of aromatic nitrogens is 3. The summed E-state index contributed by atoms with van der Waals surface area (Å²) in [6.07, 6.45) is 10.1. The highest BCUT2D eigenvalue weighted by Gasteiger charge is 2.42. The van der Waals surface area contributed by atoms with Crippen LogP contribution in [0.2, 0.25) is 0 Å². The van der Waals surface area contributed by atoms with E-state index in [0.717, 1.165) is 36.1 Å². The number of carboxylic acids is 1. The summed E-state index contributed by atoms with van der Waals surface area (Å²) in [5.74, 6) is -1.18. The molecule has 8 heteroatoms. The van der Waals surface area contributed by atoms with Crippen molar-refractivity contribution in [1.82, 2.24) is 19.9 Å². The van der Waals surface area contributed by atoms with Gasteiger partial charge < -0.3 is 15.1 Å². The van der Waals surface area contributed by atoms with Crippen LogP contribution in [0.15, 0.2) is 65.5 Å². The number of benzene rings is 1. The third kappa shape index (κ3) is 3.35. The Labute approximate surface area is 185 Å². The monoisotopic (exact) mass is 436 g/mol. The molecular formula is C24H25FN4O3. The SMILES string of the molecule is CC(O)(c1ccc(F)cc1)c1cnnn1C1CCC2=C(CC(=O)O)C3=CC=CCC3N2C1. The largest absolute Gasteiger partial charge is 0.481 e. The quantitative estimate of drug-likeness (QED) is 0.747. The number of aliphatic hydroxyl groups is 1. The van der Waals surface area contributed by atoms with Crippen LogP contribution in [0.4, 0.5) is 4.39 Å². The molecule has 0 bridgehead atoms. The minimum Gasteiger partial charge on any atom is -0.481 e. The minimum atomic E-state index is -1.38. The Balaban J connectivity index is 1.46. The number of aliphatic carboxylic acids is 1. The van der Waals surface area contributed by atoms with Gasteiger partial charge in [-0.2, -0.15) is 0 Å². The number of hydrogen-bond donors (Lipinski definition) is 2. The molecule has 2 aromatic rings. The maximum absolute atomic E-state index is 13.4. The molecule has 1 saturated heterocycles. The van der Waals surface area contributed by atoms with Gasteiger partial charge in [-0.3, -0.25) is 4.79 Å². The van der Waals surface area contributed by atoms with Crippen molar-refractivity contribution >= 4 is 5.97 Å². The first kappa shape index (κ1) is 20.6. The van der Waals surface area contributed by atoms with Crippen molar-refractivity contribution in [2.24, 2.45) is 0 Å². The van der Waals surface area contributed by atoms with Crippen LogP contribution in [-0.4, -0.2) is 48.7 Å². The fourth-order valence-electron chi connectivity index (χ4n) is 5.23. The molecule has 0 spiro atoms. The van der Waals surface area contributed by atoms with Gasteiger partial charge in [0.05, 0.1) is 30.4 Å². The molecule has 0 amide bonds. The van der Waals surface area contributed by atoms with Crippen LogP contribution in [-0.2, 0) is 10.4 Å². The van der Waals surface area contributed by atoms with Gasteiger partial charge in [-0.05, 0) is 55.0 Å². The van der Waals surface area contributed by atoms with Crippen molar-refractivity contribution in [2.45, 2.75) is 50.3 Å². The van der Waals surface area contributed by atoms with Gasteiger partial charge in [-0.25, -0.2) is 9.07 Å². The van der Waals surface area contributed by atoms with Gasteiger partial charge >= 0.3 is 5.97 Å². The lowest BCUT2D eigenvalue weighted by Gasteiger charge is -2.39. The standard InChI is InChI=1S/C24H25FN4O3/c1-24(32,15-6-8-16(25)9-7-15)22-13-26-27-29(22)17-10-11-21-19(12-23(30)31)18-4-2-3-5-20(18)28(21)14-17/h2-4,6-9,13,17,20,32H,5,10-12,14H2,1H3,(H,30,31). The first-order valence-electron chi connectivity index (χ1n) is 10.8. The summed E-state index contributed by atoms with van der Waals surface area (Å²) in [5, 5.41) is 29.1. The van der Waals surface area contributed by atoms with Crippen LogP contribution in [0.5, 0.6) is 0 Å². The third-order valence-corrected chi connectivity index (χ3v) is 6.83. The first-order chi connectivity index (χ1) is 15.4. The summed E-state index contributed by atoms with van der Waals surface area (Å²) in [6, 6.07) is 5.90. The fraction of sp³-hybridized carbons (Fsp3) is 0.375. The van der Waals surface area contributed by atoms with Crippen molar-refractivity contribution in [3.05, 3.63) is 82.6 Å². The number of piperidine rings is 1. The van der Waals surface area contributed by atoms with Gasteiger partial charge in [0, 0.05) is 12.2 Å². The van der Waals surface area contributed by atoms with E-state index in [-0.39, 0.29) is 24.3 Å². The van der Waals surface area contributed by atoms with Crippen LogP contribution in [0.1, 0.15) is 49.9 Å². The Kier molecular flexibility index (Phi) is 4.97. The number of halogens is 1. The maximum atomic E-state index is 13.4. The van der Waals surface area contributed by atoms with Gasteiger partial charge in [-0.1, -0.05) is 35.6 Å². The molecule has 166 valence electrons. The normalized spacial score (nSPS) is 24.1. The molecule has 3 heterocycles. The number of carbonyl (C=O) groups is 1. The van der Waals surface area contributed by atoms with Crippen molar-refractivity contribution < 1.29 is 19.4 Å². The molecule has 32 heavy (non-hydrogen) atoms. The van der Waals surface area contributed by atoms with E-state index in [1.54, 1.807) is 29.9 Å². The predicted molar refractivity (Wildman–Crippen MR) is 115 cm³/mol. The molecule has 1 aromatic carbocycles. The van der Waals surface area contributed by atoms with Crippen LogP contribution in [0.25, 0.3) is 0 Å². The third-order valence-electron chi connectivity index (χ3n) is 6.83. The minimum absolute atomic E-state index is 0.0282. The van der Waals surface area contributed by atoms with Crippen LogP contribution < -0.4 is 0 Å². The Hall–Kier alpha value is -3.26. The Bertz CT molecular complexity index is 1150. The van der Waals surface area contributed by atoms with E-state index in [9.17, 15) is 19.4 Å². The Morgan fingerprint density at radius 1 is 1.31 bits per heavy atom. The van der Waals surface area contributed by atoms with Gasteiger partial charge in [0.1, 0.15) is 11.4 Å².